The predicted octanol–water partition coefficient (Wildman–Crippen LogP) is 5.84. The van der Waals surface area contributed by atoms with E-state index in [-0.39, 0.29) is 6.42 Å². The Labute approximate surface area is 160 Å². The van der Waals surface area contributed by atoms with Crippen molar-refractivity contribution in [3.05, 3.63) is 0 Å². The van der Waals surface area contributed by atoms with Crippen LogP contribution < -0.4 is 0 Å². The number of aliphatic carboxylic acids is 1. The molecule has 0 aromatic carbocycles. The second kappa shape index (κ2) is 16.5. The highest BCUT2D eigenvalue weighted by Gasteiger charge is 2.19. The van der Waals surface area contributed by atoms with Gasteiger partial charge in [0.05, 0.1) is 11.7 Å². The van der Waals surface area contributed by atoms with Crippen molar-refractivity contribution >= 4 is 16.1 Å². The largest absolute Gasteiger partial charge is 0.481 e. The molecular weight excluding hydrogens is 352 g/mol. The van der Waals surface area contributed by atoms with Crippen LogP contribution in [-0.2, 0) is 14.9 Å². The first-order valence-corrected chi connectivity index (χ1v) is 12.2. The van der Waals surface area contributed by atoms with E-state index in [2.05, 4.69) is 6.92 Å². The highest BCUT2D eigenvalue weighted by molar-refractivity contribution is 7.85. The summed E-state index contributed by atoms with van der Waals surface area (Å²) in [4.78, 5) is 11.1. The molecule has 0 aliphatic rings. The van der Waals surface area contributed by atoms with Crippen molar-refractivity contribution in [2.75, 3.05) is 5.75 Å². The lowest BCUT2D eigenvalue weighted by molar-refractivity contribution is -0.142. The summed E-state index contributed by atoms with van der Waals surface area (Å²) in [6.45, 7) is 2.24. The summed E-state index contributed by atoms with van der Waals surface area (Å²) >= 11 is 0. The minimum Gasteiger partial charge on any atom is -0.481 e. The summed E-state index contributed by atoms with van der Waals surface area (Å²) in [6.07, 6.45) is 18.0. The average Bonchev–Trinajstić information content (AvgIpc) is 2.56. The molecule has 0 aromatic heterocycles. The van der Waals surface area contributed by atoms with Gasteiger partial charge >= 0.3 is 5.97 Å². The molecule has 2 N–H and O–H groups in total. The normalized spacial score (nSPS) is 13.0. The summed E-state index contributed by atoms with van der Waals surface area (Å²) < 4.78 is 30.2. The second-order valence-electron chi connectivity index (χ2n) is 7.49. The van der Waals surface area contributed by atoms with Gasteiger partial charge in [-0.25, -0.2) is 0 Å². The number of carboxylic acids is 1. The van der Waals surface area contributed by atoms with Crippen molar-refractivity contribution in [3.8, 4) is 0 Å². The SMILES string of the molecule is CCCCCCCCCCCCCCCCC(CCS(=O)(=O)O)C(=O)O. The topological polar surface area (TPSA) is 91.7 Å². The Balaban J connectivity index is 3.44. The monoisotopic (exact) mass is 392 g/mol. The minimum absolute atomic E-state index is 0.00733. The lowest BCUT2D eigenvalue weighted by Crippen LogP contribution is -2.18. The first-order chi connectivity index (χ1) is 12.4. The fraction of sp³-hybridized carbons (Fsp3) is 0.950. The maximum atomic E-state index is 11.1. The maximum Gasteiger partial charge on any atom is 0.306 e. The van der Waals surface area contributed by atoms with E-state index in [0.29, 0.717) is 6.42 Å². The number of unbranched alkanes of at least 4 members (excludes halogenated alkanes) is 13. The highest BCUT2D eigenvalue weighted by Crippen LogP contribution is 2.17. The van der Waals surface area contributed by atoms with Crippen LogP contribution in [0.1, 0.15) is 110 Å². The summed E-state index contributed by atoms with van der Waals surface area (Å²) in [5.74, 6) is -2.11. The van der Waals surface area contributed by atoms with Crippen LogP contribution in [0.25, 0.3) is 0 Å². The Morgan fingerprint density at radius 3 is 1.46 bits per heavy atom. The van der Waals surface area contributed by atoms with Crippen molar-refractivity contribution in [1.29, 1.82) is 0 Å². The molecule has 0 rings (SSSR count). The van der Waals surface area contributed by atoms with E-state index in [1.165, 1.54) is 70.6 Å². The van der Waals surface area contributed by atoms with Gasteiger partial charge in [0.15, 0.2) is 0 Å². The van der Waals surface area contributed by atoms with E-state index in [4.69, 9.17) is 9.66 Å². The van der Waals surface area contributed by atoms with E-state index in [9.17, 15) is 13.2 Å². The summed E-state index contributed by atoms with van der Waals surface area (Å²) in [5, 5.41) is 9.10. The lowest BCUT2D eigenvalue weighted by atomic mass is 9.98. The van der Waals surface area contributed by atoms with Gasteiger partial charge in [-0.05, 0) is 12.8 Å². The zero-order valence-electron chi connectivity index (χ0n) is 16.6. The van der Waals surface area contributed by atoms with Crippen LogP contribution in [0.5, 0.6) is 0 Å². The number of carbonyl (C=O) groups is 1. The minimum atomic E-state index is -4.07. The Kier molecular flexibility index (Phi) is 16.2. The van der Waals surface area contributed by atoms with Crippen LogP contribution in [0.4, 0.5) is 0 Å². The van der Waals surface area contributed by atoms with Crippen LogP contribution in [0.15, 0.2) is 0 Å². The van der Waals surface area contributed by atoms with Gasteiger partial charge in [0.2, 0.25) is 0 Å². The summed E-state index contributed by atoms with van der Waals surface area (Å²) in [5.41, 5.74) is 0. The molecule has 0 heterocycles. The van der Waals surface area contributed by atoms with Crippen LogP contribution >= 0.6 is 0 Å². The van der Waals surface area contributed by atoms with E-state index in [0.717, 1.165) is 19.3 Å². The van der Waals surface area contributed by atoms with Crippen LogP contribution in [0.2, 0.25) is 0 Å². The maximum absolute atomic E-state index is 11.1. The van der Waals surface area contributed by atoms with Crippen molar-refractivity contribution in [1.82, 2.24) is 0 Å². The average molecular weight is 393 g/mol. The van der Waals surface area contributed by atoms with Gasteiger partial charge in [0.25, 0.3) is 10.1 Å². The zero-order chi connectivity index (χ0) is 19.7. The number of hydrogen-bond acceptors (Lipinski definition) is 3. The molecule has 5 nitrogen and oxygen atoms in total. The molecular formula is C20H40O5S. The lowest BCUT2D eigenvalue weighted by Gasteiger charge is -2.11. The Morgan fingerprint density at radius 2 is 1.12 bits per heavy atom. The third-order valence-electron chi connectivity index (χ3n) is 4.98. The van der Waals surface area contributed by atoms with Gasteiger partial charge in [0.1, 0.15) is 0 Å². The molecule has 0 aliphatic heterocycles. The molecule has 6 heteroatoms. The molecule has 0 radical (unpaired) electrons. The fourth-order valence-electron chi connectivity index (χ4n) is 3.27. The van der Waals surface area contributed by atoms with E-state index < -0.39 is 27.8 Å². The molecule has 0 amide bonds. The molecule has 1 atom stereocenters. The smallest absolute Gasteiger partial charge is 0.306 e. The standard InChI is InChI=1S/C20H40O5S/c1-2-3-4-5-6-7-8-9-10-11-12-13-14-15-16-19(20(21)22)17-18-26(23,24)25/h19H,2-18H2,1H3,(H,21,22)(H,23,24,25). The molecule has 26 heavy (non-hydrogen) atoms. The van der Waals surface area contributed by atoms with E-state index in [1.807, 2.05) is 0 Å². The predicted molar refractivity (Wildman–Crippen MR) is 107 cm³/mol. The molecule has 0 saturated heterocycles. The molecule has 0 saturated carbocycles. The second-order valence-corrected chi connectivity index (χ2v) is 9.07. The molecule has 156 valence electrons. The quantitative estimate of drug-likeness (QED) is 0.213. The van der Waals surface area contributed by atoms with Crippen molar-refractivity contribution in [2.45, 2.75) is 110 Å². The Morgan fingerprint density at radius 1 is 0.731 bits per heavy atom. The van der Waals surface area contributed by atoms with Gasteiger partial charge in [0, 0.05) is 0 Å². The van der Waals surface area contributed by atoms with Crippen LogP contribution in [-0.4, -0.2) is 29.8 Å². The van der Waals surface area contributed by atoms with Crippen LogP contribution in [0, 0.1) is 5.92 Å². The molecule has 0 aromatic rings. The highest BCUT2D eigenvalue weighted by atomic mass is 32.2. The molecule has 0 aliphatic carbocycles. The number of carboxylic acid groups (broad SMARTS) is 1. The zero-order valence-corrected chi connectivity index (χ0v) is 17.4. The number of rotatable bonds is 19. The van der Waals surface area contributed by atoms with Crippen molar-refractivity contribution < 1.29 is 22.9 Å². The Bertz CT molecular complexity index is 433. The first-order valence-electron chi connectivity index (χ1n) is 10.5. The number of hydrogen-bond donors (Lipinski definition) is 2. The third kappa shape index (κ3) is 18.2. The van der Waals surface area contributed by atoms with Gasteiger partial charge in [-0.15, -0.1) is 0 Å². The summed E-state index contributed by atoms with van der Waals surface area (Å²) in [6, 6.07) is 0. The van der Waals surface area contributed by atoms with Crippen LogP contribution in [0.3, 0.4) is 0 Å². The first kappa shape index (κ1) is 25.4. The van der Waals surface area contributed by atoms with Gasteiger partial charge in [-0.2, -0.15) is 8.42 Å². The van der Waals surface area contributed by atoms with Gasteiger partial charge < -0.3 is 5.11 Å². The van der Waals surface area contributed by atoms with Gasteiger partial charge in [-0.1, -0.05) is 96.8 Å². The van der Waals surface area contributed by atoms with Gasteiger partial charge in [-0.3, -0.25) is 9.35 Å². The molecule has 0 bridgehead atoms. The summed E-state index contributed by atoms with van der Waals surface area (Å²) in [7, 11) is -4.07. The fourth-order valence-corrected chi connectivity index (χ4v) is 3.85. The van der Waals surface area contributed by atoms with E-state index >= 15 is 0 Å². The molecule has 0 spiro atoms. The van der Waals surface area contributed by atoms with Crippen molar-refractivity contribution in [3.63, 3.8) is 0 Å². The molecule has 0 fully saturated rings. The van der Waals surface area contributed by atoms with Crippen molar-refractivity contribution in [2.24, 2.45) is 5.92 Å². The van der Waals surface area contributed by atoms with E-state index in [1.54, 1.807) is 0 Å². The third-order valence-corrected chi connectivity index (χ3v) is 5.73. The Hall–Kier alpha value is -0.620. The molecule has 1 unspecified atom stereocenters.